The van der Waals surface area contributed by atoms with E-state index < -0.39 is 11.7 Å². The SMILES string of the molecule is CC(Oc1ccccc1Cl)C(=O)NCC1(O)CCOC1. The zero-order valence-corrected chi connectivity index (χ0v) is 12.0. The van der Waals surface area contributed by atoms with Crippen LogP contribution in [0, 0.1) is 0 Å². The van der Waals surface area contributed by atoms with E-state index in [0.717, 1.165) is 0 Å². The number of aliphatic hydroxyl groups is 1. The molecule has 1 aliphatic rings. The lowest BCUT2D eigenvalue weighted by Crippen LogP contribution is -2.47. The minimum atomic E-state index is -0.972. The maximum atomic E-state index is 11.9. The number of ether oxygens (including phenoxy) is 2. The molecule has 2 unspecified atom stereocenters. The van der Waals surface area contributed by atoms with Crippen molar-refractivity contribution in [2.45, 2.75) is 25.0 Å². The van der Waals surface area contributed by atoms with Crippen LogP contribution in [0.4, 0.5) is 0 Å². The predicted molar refractivity (Wildman–Crippen MR) is 74.9 cm³/mol. The fourth-order valence-electron chi connectivity index (χ4n) is 1.92. The number of para-hydroxylation sites is 1. The second-order valence-corrected chi connectivity index (χ2v) is 5.34. The second kappa shape index (κ2) is 6.43. The zero-order chi connectivity index (χ0) is 14.6. The van der Waals surface area contributed by atoms with Gasteiger partial charge in [0.25, 0.3) is 5.91 Å². The van der Waals surface area contributed by atoms with Gasteiger partial charge in [-0.05, 0) is 19.1 Å². The number of carbonyl (C=O) groups is 1. The number of amides is 1. The molecule has 5 nitrogen and oxygen atoms in total. The summed E-state index contributed by atoms with van der Waals surface area (Å²) < 4.78 is 10.6. The standard InChI is InChI=1S/C14H18ClNO4/c1-10(20-12-5-3-2-4-11(12)15)13(17)16-8-14(18)6-7-19-9-14/h2-5,10,18H,6-9H2,1H3,(H,16,17). The Kier molecular flexibility index (Phi) is 4.86. The van der Waals surface area contributed by atoms with E-state index in [9.17, 15) is 9.90 Å². The number of hydrogen-bond acceptors (Lipinski definition) is 4. The number of nitrogens with one attached hydrogen (secondary N) is 1. The van der Waals surface area contributed by atoms with Gasteiger partial charge in [-0.2, -0.15) is 0 Å². The van der Waals surface area contributed by atoms with Gasteiger partial charge in [0.1, 0.15) is 11.4 Å². The van der Waals surface area contributed by atoms with E-state index >= 15 is 0 Å². The summed E-state index contributed by atoms with van der Waals surface area (Å²) in [5.74, 6) is 0.157. The molecule has 1 heterocycles. The number of halogens is 1. The largest absolute Gasteiger partial charge is 0.479 e. The molecule has 1 aromatic carbocycles. The number of rotatable bonds is 5. The molecular formula is C14H18ClNO4. The van der Waals surface area contributed by atoms with Crippen molar-refractivity contribution >= 4 is 17.5 Å². The first kappa shape index (κ1) is 15.1. The van der Waals surface area contributed by atoms with E-state index in [1.807, 2.05) is 0 Å². The number of carbonyl (C=O) groups excluding carboxylic acids is 1. The second-order valence-electron chi connectivity index (χ2n) is 4.94. The van der Waals surface area contributed by atoms with Gasteiger partial charge >= 0.3 is 0 Å². The summed E-state index contributed by atoms with van der Waals surface area (Å²) in [6.45, 7) is 2.54. The van der Waals surface area contributed by atoms with Crippen molar-refractivity contribution in [2.75, 3.05) is 19.8 Å². The van der Waals surface area contributed by atoms with E-state index in [1.54, 1.807) is 31.2 Å². The van der Waals surface area contributed by atoms with Gasteiger partial charge in [0.2, 0.25) is 0 Å². The quantitative estimate of drug-likeness (QED) is 0.862. The molecule has 20 heavy (non-hydrogen) atoms. The average Bonchev–Trinajstić information content (AvgIpc) is 2.86. The Bertz CT molecular complexity index is 474. The normalized spacial score (nSPS) is 23.4. The molecule has 0 aromatic heterocycles. The Balaban J connectivity index is 1.84. The van der Waals surface area contributed by atoms with Crippen molar-refractivity contribution in [3.8, 4) is 5.75 Å². The molecule has 1 aliphatic heterocycles. The fraction of sp³-hybridized carbons (Fsp3) is 0.500. The van der Waals surface area contributed by atoms with Crippen molar-refractivity contribution < 1.29 is 19.4 Å². The molecule has 1 saturated heterocycles. The summed E-state index contributed by atoms with van der Waals surface area (Å²) in [5.41, 5.74) is -0.972. The summed E-state index contributed by atoms with van der Waals surface area (Å²) in [6, 6.07) is 6.96. The Morgan fingerprint density at radius 3 is 3.00 bits per heavy atom. The van der Waals surface area contributed by atoms with E-state index in [0.29, 0.717) is 23.8 Å². The highest BCUT2D eigenvalue weighted by atomic mass is 35.5. The van der Waals surface area contributed by atoms with Crippen molar-refractivity contribution in [3.05, 3.63) is 29.3 Å². The molecule has 1 aromatic rings. The minimum Gasteiger partial charge on any atom is -0.479 e. The smallest absolute Gasteiger partial charge is 0.260 e. The maximum absolute atomic E-state index is 11.9. The van der Waals surface area contributed by atoms with Gasteiger partial charge in [0.15, 0.2) is 6.10 Å². The summed E-state index contributed by atoms with van der Waals surface area (Å²) in [5, 5.41) is 13.2. The first-order chi connectivity index (χ1) is 9.50. The highest BCUT2D eigenvalue weighted by molar-refractivity contribution is 6.32. The monoisotopic (exact) mass is 299 g/mol. The van der Waals surface area contributed by atoms with Crippen LogP contribution in [-0.2, 0) is 9.53 Å². The van der Waals surface area contributed by atoms with Crippen molar-refractivity contribution in [1.29, 1.82) is 0 Å². The van der Waals surface area contributed by atoms with E-state index in [1.165, 1.54) is 0 Å². The van der Waals surface area contributed by atoms with Gasteiger partial charge in [-0.25, -0.2) is 0 Å². The molecule has 2 N–H and O–H groups in total. The topological polar surface area (TPSA) is 67.8 Å². The lowest BCUT2D eigenvalue weighted by molar-refractivity contribution is -0.128. The Morgan fingerprint density at radius 1 is 1.60 bits per heavy atom. The lowest BCUT2D eigenvalue weighted by Gasteiger charge is -2.22. The molecule has 1 amide bonds. The predicted octanol–water partition coefficient (Wildman–Crippen LogP) is 1.37. The van der Waals surface area contributed by atoms with Crippen molar-refractivity contribution in [2.24, 2.45) is 0 Å². The molecule has 0 aliphatic carbocycles. The molecule has 0 radical (unpaired) electrons. The molecule has 2 atom stereocenters. The third-order valence-electron chi connectivity index (χ3n) is 3.18. The minimum absolute atomic E-state index is 0.155. The van der Waals surface area contributed by atoms with Crippen LogP contribution in [0.2, 0.25) is 5.02 Å². The fourth-order valence-corrected chi connectivity index (χ4v) is 2.10. The van der Waals surface area contributed by atoms with Gasteiger partial charge in [-0.15, -0.1) is 0 Å². The third kappa shape index (κ3) is 3.85. The van der Waals surface area contributed by atoms with Crippen LogP contribution in [0.5, 0.6) is 5.75 Å². The molecular weight excluding hydrogens is 282 g/mol. The van der Waals surface area contributed by atoms with Gasteiger partial charge in [0.05, 0.1) is 11.6 Å². The Morgan fingerprint density at radius 2 is 2.35 bits per heavy atom. The Hall–Kier alpha value is -1.30. The van der Waals surface area contributed by atoms with Crippen molar-refractivity contribution in [3.63, 3.8) is 0 Å². The van der Waals surface area contributed by atoms with Crippen molar-refractivity contribution in [1.82, 2.24) is 5.32 Å². The first-order valence-corrected chi connectivity index (χ1v) is 6.87. The molecule has 1 fully saturated rings. The van der Waals surface area contributed by atoms with Crippen LogP contribution >= 0.6 is 11.6 Å². The number of benzene rings is 1. The number of hydrogen-bond donors (Lipinski definition) is 2. The van der Waals surface area contributed by atoms with Crippen LogP contribution < -0.4 is 10.1 Å². The first-order valence-electron chi connectivity index (χ1n) is 6.49. The summed E-state index contributed by atoms with van der Waals surface area (Å²) >= 11 is 5.96. The molecule has 110 valence electrons. The summed E-state index contributed by atoms with van der Waals surface area (Å²) in [7, 11) is 0. The van der Waals surface area contributed by atoms with Gasteiger partial charge in [0, 0.05) is 19.6 Å². The lowest BCUT2D eigenvalue weighted by atomic mass is 10.0. The Labute approximate surface area is 122 Å². The van der Waals surface area contributed by atoms with Crippen LogP contribution in [0.25, 0.3) is 0 Å². The molecule has 0 spiro atoms. The van der Waals surface area contributed by atoms with Gasteiger partial charge < -0.3 is 19.9 Å². The van der Waals surface area contributed by atoms with E-state index in [2.05, 4.69) is 5.32 Å². The third-order valence-corrected chi connectivity index (χ3v) is 3.50. The highest BCUT2D eigenvalue weighted by Crippen LogP contribution is 2.24. The maximum Gasteiger partial charge on any atom is 0.260 e. The molecule has 2 rings (SSSR count). The molecule has 0 saturated carbocycles. The summed E-state index contributed by atoms with van der Waals surface area (Å²) in [4.78, 5) is 11.9. The van der Waals surface area contributed by atoms with Gasteiger partial charge in [-0.3, -0.25) is 4.79 Å². The van der Waals surface area contributed by atoms with Crippen LogP contribution in [0.15, 0.2) is 24.3 Å². The van der Waals surface area contributed by atoms with E-state index in [-0.39, 0.29) is 19.1 Å². The van der Waals surface area contributed by atoms with Crippen LogP contribution in [0.1, 0.15) is 13.3 Å². The van der Waals surface area contributed by atoms with E-state index in [4.69, 9.17) is 21.1 Å². The highest BCUT2D eigenvalue weighted by Gasteiger charge is 2.33. The molecule has 0 bridgehead atoms. The average molecular weight is 300 g/mol. The van der Waals surface area contributed by atoms with Crippen LogP contribution in [-0.4, -0.2) is 42.5 Å². The van der Waals surface area contributed by atoms with Crippen LogP contribution in [0.3, 0.4) is 0 Å². The summed E-state index contributed by atoms with van der Waals surface area (Å²) in [6.07, 6.45) is -0.173. The van der Waals surface area contributed by atoms with Gasteiger partial charge in [-0.1, -0.05) is 23.7 Å². The zero-order valence-electron chi connectivity index (χ0n) is 11.3. The molecule has 6 heteroatoms.